The summed E-state index contributed by atoms with van der Waals surface area (Å²) >= 11 is 3.15. The number of nitrogens with one attached hydrogen (secondary N) is 1. The number of esters is 1. The van der Waals surface area contributed by atoms with Gasteiger partial charge in [0.1, 0.15) is 5.76 Å². The van der Waals surface area contributed by atoms with Crippen LogP contribution in [-0.2, 0) is 14.3 Å². The van der Waals surface area contributed by atoms with Gasteiger partial charge in [-0.2, -0.15) is 5.26 Å². The van der Waals surface area contributed by atoms with Gasteiger partial charge in [-0.25, -0.2) is 4.79 Å². The maximum absolute atomic E-state index is 12.0. The van der Waals surface area contributed by atoms with Crippen LogP contribution in [0.15, 0.2) is 51.6 Å². The number of furan rings is 1. The minimum atomic E-state index is -0.971. The fraction of sp³-hybridized carbons (Fsp3) is 0.118. The molecule has 6 nitrogen and oxygen atoms in total. The lowest BCUT2D eigenvalue weighted by molar-refractivity contribution is -0.148. The van der Waals surface area contributed by atoms with E-state index in [1.165, 1.54) is 19.1 Å². The van der Waals surface area contributed by atoms with Crippen LogP contribution in [0.25, 0.3) is 6.08 Å². The van der Waals surface area contributed by atoms with Crippen molar-refractivity contribution >= 4 is 39.6 Å². The maximum Gasteiger partial charge on any atom is 0.331 e. The molecule has 0 aliphatic carbocycles. The second kappa shape index (κ2) is 8.13. The molecule has 1 atom stereocenters. The van der Waals surface area contributed by atoms with Gasteiger partial charge in [0.05, 0.1) is 11.6 Å². The van der Waals surface area contributed by atoms with Crippen LogP contribution < -0.4 is 5.32 Å². The van der Waals surface area contributed by atoms with Crippen molar-refractivity contribution in [2.75, 3.05) is 5.32 Å². The Bertz CT molecular complexity index is 803. The normalized spacial score (nSPS) is 11.7. The third-order valence-electron chi connectivity index (χ3n) is 2.92. The molecule has 1 aromatic carbocycles. The molecule has 0 fully saturated rings. The number of amides is 1. The molecule has 0 saturated carbocycles. The molecule has 7 heteroatoms. The summed E-state index contributed by atoms with van der Waals surface area (Å²) in [5, 5.41) is 11.3. The van der Waals surface area contributed by atoms with Gasteiger partial charge in [0.2, 0.25) is 0 Å². The molecule has 0 aliphatic heterocycles. The van der Waals surface area contributed by atoms with E-state index in [9.17, 15) is 9.59 Å². The number of hydrogen-bond donors (Lipinski definition) is 1. The van der Waals surface area contributed by atoms with E-state index in [-0.39, 0.29) is 0 Å². The summed E-state index contributed by atoms with van der Waals surface area (Å²) < 4.78 is 10.8. The molecular weight excluding hydrogens is 376 g/mol. The van der Waals surface area contributed by atoms with Crippen molar-refractivity contribution in [2.24, 2.45) is 0 Å². The van der Waals surface area contributed by atoms with Gasteiger partial charge < -0.3 is 14.5 Å². The number of nitriles is 1. The average molecular weight is 389 g/mol. The number of carbonyl (C=O) groups is 2. The summed E-state index contributed by atoms with van der Waals surface area (Å²) in [6.07, 6.45) is 1.65. The molecule has 122 valence electrons. The van der Waals surface area contributed by atoms with Crippen LogP contribution in [-0.4, -0.2) is 18.0 Å². The lowest BCUT2D eigenvalue weighted by atomic mass is 10.2. The van der Waals surface area contributed by atoms with Crippen molar-refractivity contribution in [2.45, 2.75) is 13.0 Å². The van der Waals surface area contributed by atoms with E-state index in [0.29, 0.717) is 21.7 Å². The molecule has 2 rings (SSSR count). The summed E-state index contributed by atoms with van der Waals surface area (Å²) in [6.45, 7) is 1.47. The van der Waals surface area contributed by atoms with E-state index in [1.807, 2.05) is 6.07 Å². The minimum Gasteiger partial charge on any atom is -0.450 e. The molecule has 1 aromatic heterocycles. The van der Waals surface area contributed by atoms with Crippen LogP contribution in [0, 0.1) is 11.3 Å². The van der Waals surface area contributed by atoms with E-state index in [0.717, 1.165) is 0 Å². The topological polar surface area (TPSA) is 92.3 Å². The summed E-state index contributed by atoms with van der Waals surface area (Å²) in [4.78, 5) is 23.7. The zero-order valence-electron chi connectivity index (χ0n) is 12.7. The first-order chi connectivity index (χ1) is 11.5. The van der Waals surface area contributed by atoms with Gasteiger partial charge in [0.15, 0.2) is 10.8 Å². The standard InChI is InChI=1S/C17H13BrN2O4/c1-11(17(22)20-13-4-2-12(10-19)3-5-13)23-16(21)9-7-14-6-8-15(18)24-14/h2-9,11H,1H3,(H,20,22)/b9-7+/t11-/m1/s1. The van der Waals surface area contributed by atoms with Crippen LogP contribution >= 0.6 is 15.9 Å². The van der Waals surface area contributed by atoms with Crippen LogP contribution in [0.1, 0.15) is 18.2 Å². The zero-order valence-corrected chi connectivity index (χ0v) is 14.2. The van der Waals surface area contributed by atoms with Gasteiger partial charge in [0, 0.05) is 11.8 Å². The number of carbonyl (C=O) groups excluding carboxylic acids is 2. The van der Waals surface area contributed by atoms with Crippen molar-refractivity contribution in [1.82, 2.24) is 0 Å². The van der Waals surface area contributed by atoms with Crippen molar-refractivity contribution in [3.63, 3.8) is 0 Å². The first kappa shape index (κ1) is 17.5. The number of rotatable bonds is 5. The molecule has 1 N–H and O–H groups in total. The number of hydrogen-bond acceptors (Lipinski definition) is 5. The van der Waals surface area contributed by atoms with Gasteiger partial charge in [-0.05, 0) is 65.3 Å². The summed E-state index contributed by atoms with van der Waals surface area (Å²) in [5.41, 5.74) is 1.00. The number of anilines is 1. The van der Waals surface area contributed by atoms with Crippen LogP contribution in [0.3, 0.4) is 0 Å². The highest BCUT2D eigenvalue weighted by Gasteiger charge is 2.16. The predicted molar refractivity (Wildman–Crippen MR) is 90.8 cm³/mol. The Morgan fingerprint density at radius 2 is 2.00 bits per heavy atom. The number of nitrogens with zero attached hydrogens (tertiary/aromatic N) is 1. The molecule has 2 aromatic rings. The van der Waals surface area contributed by atoms with Gasteiger partial charge in [-0.1, -0.05) is 0 Å². The Balaban J connectivity index is 1.87. The third kappa shape index (κ3) is 5.11. The second-order valence-corrected chi connectivity index (χ2v) is 5.51. The Hall–Kier alpha value is -2.85. The van der Waals surface area contributed by atoms with E-state index in [1.54, 1.807) is 36.4 Å². The van der Waals surface area contributed by atoms with Crippen molar-refractivity contribution in [3.05, 3.63) is 58.5 Å². The molecular formula is C17H13BrN2O4. The summed E-state index contributed by atoms with van der Waals surface area (Å²) in [5.74, 6) is -0.652. The van der Waals surface area contributed by atoms with E-state index in [4.69, 9.17) is 14.4 Å². The largest absolute Gasteiger partial charge is 0.450 e. The lowest BCUT2D eigenvalue weighted by Crippen LogP contribution is -2.29. The third-order valence-corrected chi connectivity index (χ3v) is 3.35. The zero-order chi connectivity index (χ0) is 17.5. The Kier molecular flexibility index (Phi) is 5.93. The molecule has 0 radical (unpaired) electrons. The predicted octanol–water partition coefficient (Wildman–Crippen LogP) is 3.50. The van der Waals surface area contributed by atoms with Crippen LogP contribution in [0.4, 0.5) is 5.69 Å². The number of ether oxygens (including phenoxy) is 1. The van der Waals surface area contributed by atoms with Crippen LogP contribution in [0.5, 0.6) is 0 Å². The Labute approximate surface area is 146 Å². The van der Waals surface area contributed by atoms with E-state index in [2.05, 4.69) is 21.2 Å². The van der Waals surface area contributed by atoms with Gasteiger partial charge in [-0.15, -0.1) is 0 Å². The van der Waals surface area contributed by atoms with Crippen LogP contribution in [0.2, 0.25) is 0 Å². The summed E-state index contributed by atoms with van der Waals surface area (Å²) in [6, 6.07) is 11.7. The van der Waals surface area contributed by atoms with Gasteiger partial charge in [0.25, 0.3) is 5.91 Å². The van der Waals surface area contributed by atoms with Crippen molar-refractivity contribution < 1.29 is 18.7 Å². The molecule has 0 saturated heterocycles. The molecule has 0 unspecified atom stereocenters. The smallest absolute Gasteiger partial charge is 0.331 e. The first-order valence-corrected chi connectivity index (χ1v) is 7.72. The highest BCUT2D eigenvalue weighted by atomic mass is 79.9. The molecule has 0 bridgehead atoms. The SMILES string of the molecule is C[C@@H](OC(=O)/C=C/c1ccc(Br)o1)C(=O)Nc1ccc(C#N)cc1. The Morgan fingerprint density at radius 1 is 1.29 bits per heavy atom. The van der Waals surface area contributed by atoms with Crippen molar-refractivity contribution in [1.29, 1.82) is 5.26 Å². The van der Waals surface area contributed by atoms with E-state index >= 15 is 0 Å². The number of benzene rings is 1. The van der Waals surface area contributed by atoms with Gasteiger partial charge in [-0.3, -0.25) is 4.79 Å². The number of halogens is 1. The van der Waals surface area contributed by atoms with Crippen molar-refractivity contribution in [3.8, 4) is 6.07 Å². The fourth-order valence-corrected chi connectivity index (χ4v) is 2.03. The molecule has 0 aliphatic rings. The Morgan fingerprint density at radius 3 is 2.58 bits per heavy atom. The molecule has 0 spiro atoms. The molecule has 1 amide bonds. The monoisotopic (exact) mass is 388 g/mol. The minimum absolute atomic E-state index is 0.470. The lowest BCUT2D eigenvalue weighted by Gasteiger charge is -2.12. The highest BCUT2D eigenvalue weighted by Crippen LogP contribution is 2.15. The highest BCUT2D eigenvalue weighted by molar-refractivity contribution is 9.10. The second-order valence-electron chi connectivity index (χ2n) is 4.73. The quantitative estimate of drug-likeness (QED) is 0.624. The fourth-order valence-electron chi connectivity index (χ4n) is 1.71. The van der Waals surface area contributed by atoms with Gasteiger partial charge >= 0.3 is 5.97 Å². The molecule has 24 heavy (non-hydrogen) atoms. The summed E-state index contributed by atoms with van der Waals surface area (Å²) in [7, 11) is 0. The maximum atomic E-state index is 12.0. The van der Waals surface area contributed by atoms with E-state index < -0.39 is 18.0 Å². The first-order valence-electron chi connectivity index (χ1n) is 6.93. The molecule has 1 heterocycles. The average Bonchev–Trinajstić information content (AvgIpc) is 2.99.